The van der Waals surface area contributed by atoms with Crippen molar-refractivity contribution in [1.29, 1.82) is 0 Å². The first-order valence-electron chi connectivity index (χ1n) is 10.9. The van der Waals surface area contributed by atoms with E-state index in [2.05, 4.69) is 17.1 Å². The zero-order chi connectivity index (χ0) is 21.4. The highest BCUT2D eigenvalue weighted by Gasteiger charge is 2.35. The molecule has 0 spiro atoms. The average Bonchev–Trinajstić information content (AvgIpc) is 2.78. The first kappa shape index (κ1) is 22.3. The Balaban J connectivity index is 1.72. The number of halogens is 1. The Kier molecular flexibility index (Phi) is 7.90. The van der Waals surface area contributed by atoms with E-state index in [9.17, 15) is 9.18 Å². The van der Waals surface area contributed by atoms with E-state index < -0.39 is 0 Å². The molecule has 1 N–H and O–H groups in total. The summed E-state index contributed by atoms with van der Waals surface area (Å²) >= 11 is 0. The van der Waals surface area contributed by atoms with Crippen LogP contribution >= 0.6 is 0 Å². The number of ether oxygens (including phenoxy) is 2. The number of rotatable bonds is 5. The van der Waals surface area contributed by atoms with Crippen LogP contribution in [0.3, 0.4) is 0 Å². The third-order valence-electron chi connectivity index (χ3n) is 5.88. The van der Waals surface area contributed by atoms with Crippen LogP contribution in [0.25, 0.3) is 0 Å². The monoisotopic (exact) mass is 420 g/mol. The molecule has 2 aliphatic rings. The molecule has 0 bridgehead atoms. The summed E-state index contributed by atoms with van der Waals surface area (Å²) < 4.78 is 24.2. The fraction of sp³-hybridized carbons (Fsp3) is 0.636. The van der Waals surface area contributed by atoms with Crippen molar-refractivity contribution in [2.24, 2.45) is 4.99 Å². The van der Waals surface area contributed by atoms with E-state index in [1.807, 2.05) is 19.1 Å². The number of amides is 1. The van der Waals surface area contributed by atoms with E-state index in [1.165, 1.54) is 12.1 Å². The molecule has 7 nitrogen and oxygen atoms in total. The maximum absolute atomic E-state index is 13.5. The molecule has 30 heavy (non-hydrogen) atoms. The zero-order valence-corrected chi connectivity index (χ0v) is 18.0. The lowest BCUT2D eigenvalue weighted by Crippen LogP contribution is -2.54. The minimum absolute atomic E-state index is 0.153. The molecule has 3 rings (SSSR count). The minimum atomic E-state index is -0.253. The molecule has 8 heteroatoms. The molecule has 2 saturated heterocycles. The van der Waals surface area contributed by atoms with Crippen molar-refractivity contribution in [3.8, 4) is 0 Å². The Morgan fingerprint density at radius 2 is 1.77 bits per heavy atom. The molecule has 1 aromatic carbocycles. The molecule has 0 atom stereocenters. The van der Waals surface area contributed by atoms with Gasteiger partial charge in [-0.1, -0.05) is 12.1 Å². The molecule has 166 valence electrons. The van der Waals surface area contributed by atoms with Gasteiger partial charge in [-0.3, -0.25) is 4.99 Å². The predicted octanol–water partition coefficient (Wildman–Crippen LogP) is 2.61. The van der Waals surface area contributed by atoms with Crippen LogP contribution < -0.4 is 5.32 Å². The van der Waals surface area contributed by atoms with Gasteiger partial charge in [-0.05, 0) is 44.4 Å². The number of guanidine groups is 1. The van der Waals surface area contributed by atoms with Crippen LogP contribution in [0.15, 0.2) is 29.3 Å². The quantitative estimate of drug-likeness (QED) is 0.586. The maximum atomic E-state index is 13.5. The highest BCUT2D eigenvalue weighted by molar-refractivity contribution is 5.80. The van der Waals surface area contributed by atoms with Crippen molar-refractivity contribution in [3.05, 3.63) is 35.6 Å². The largest absolute Gasteiger partial charge is 0.450 e. The second-order valence-electron chi connectivity index (χ2n) is 7.74. The van der Waals surface area contributed by atoms with Gasteiger partial charge >= 0.3 is 6.09 Å². The molecule has 2 heterocycles. The smallest absolute Gasteiger partial charge is 0.409 e. The van der Waals surface area contributed by atoms with Crippen molar-refractivity contribution in [1.82, 2.24) is 15.1 Å². The van der Waals surface area contributed by atoms with E-state index in [1.54, 1.807) is 4.90 Å². The van der Waals surface area contributed by atoms with Crippen molar-refractivity contribution in [2.45, 2.75) is 32.1 Å². The SMILES string of the molecule is CCNC(=NCC1(c2ccc(F)cc2)CCOCC1)N1CCN(C(=O)OCC)CC1. The molecular formula is C22H33FN4O3. The number of nitrogens with zero attached hydrogens (tertiary/aromatic N) is 3. The lowest BCUT2D eigenvalue weighted by molar-refractivity contribution is 0.0529. The van der Waals surface area contributed by atoms with Crippen LogP contribution in [-0.4, -0.2) is 80.9 Å². The number of carbonyl (C=O) groups excluding carboxylic acids is 1. The summed E-state index contributed by atoms with van der Waals surface area (Å²) in [5.74, 6) is 0.631. The summed E-state index contributed by atoms with van der Waals surface area (Å²) in [7, 11) is 0. The molecule has 0 aromatic heterocycles. The molecule has 0 saturated carbocycles. The lowest BCUT2D eigenvalue weighted by Gasteiger charge is -2.38. The third kappa shape index (κ3) is 5.41. The van der Waals surface area contributed by atoms with Crippen LogP contribution in [0.5, 0.6) is 0 Å². The number of benzene rings is 1. The normalized spacial score (nSPS) is 19.5. The molecule has 0 aliphatic carbocycles. The van der Waals surface area contributed by atoms with E-state index >= 15 is 0 Å². The first-order chi connectivity index (χ1) is 14.6. The standard InChI is InChI=1S/C22H33FN4O3/c1-3-24-20(26-11-13-27(14-12-26)21(28)30-4-2)25-17-22(9-15-29-16-10-22)18-5-7-19(23)8-6-18/h5-8H,3-4,9-17H2,1-2H3,(H,24,25). The van der Waals surface area contributed by atoms with Crippen LogP contribution in [-0.2, 0) is 14.9 Å². The van der Waals surface area contributed by atoms with E-state index in [-0.39, 0.29) is 17.3 Å². The number of aliphatic imine (C=N–C) groups is 1. The van der Waals surface area contributed by atoms with Crippen molar-refractivity contribution in [2.75, 3.05) is 59.1 Å². The van der Waals surface area contributed by atoms with Crippen LogP contribution in [0, 0.1) is 5.82 Å². The summed E-state index contributed by atoms with van der Waals surface area (Å²) in [6.07, 6.45) is 1.47. The number of piperazine rings is 1. The Labute approximate surface area is 178 Å². The summed E-state index contributed by atoms with van der Waals surface area (Å²) in [4.78, 5) is 20.9. The fourth-order valence-electron chi connectivity index (χ4n) is 4.07. The summed E-state index contributed by atoms with van der Waals surface area (Å²) in [5.41, 5.74) is 0.957. The number of hydrogen-bond acceptors (Lipinski definition) is 4. The van der Waals surface area contributed by atoms with Gasteiger partial charge in [0.25, 0.3) is 0 Å². The van der Waals surface area contributed by atoms with Gasteiger partial charge in [0.05, 0.1) is 13.2 Å². The Morgan fingerprint density at radius 1 is 1.13 bits per heavy atom. The van der Waals surface area contributed by atoms with Gasteiger partial charge in [-0.25, -0.2) is 9.18 Å². The molecular weight excluding hydrogens is 387 g/mol. The van der Waals surface area contributed by atoms with E-state index in [0.717, 1.165) is 30.9 Å². The highest BCUT2D eigenvalue weighted by Crippen LogP contribution is 2.35. The summed E-state index contributed by atoms with van der Waals surface area (Å²) in [5, 5.41) is 3.39. The van der Waals surface area contributed by atoms with Crippen LogP contribution in [0.2, 0.25) is 0 Å². The summed E-state index contributed by atoms with van der Waals surface area (Å²) in [6.45, 7) is 9.63. The fourth-order valence-corrected chi connectivity index (χ4v) is 4.07. The molecule has 2 fully saturated rings. The van der Waals surface area contributed by atoms with E-state index in [0.29, 0.717) is 52.5 Å². The minimum Gasteiger partial charge on any atom is -0.450 e. The molecule has 0 unspecified atom stereocenters. The predicted molar refractivity (Wildman–Crippen MR) is 114 cm³/mol. The highest BCUT2D eigenvalue weighted by atomic mass is 19.1. The van der Waals surface area contributed by atoms with Gasteiger partial charge < -0.3 is 24.6 Å². The lowest BCUT2D eigenvalue weighted by atomic mass is 9.74. The Morgan fingerprint density at radius 3 is 2.37 bits per heavy atom. The Bertz CT molecular complexity index is 712. The molecule has 0 radical (unpaired) electrons. The van der Waals surface area contributed by atoms with Crippen molar-refractivity contribution in [3.63, 3.8) is 0 Å². The van der Waals surface area contributed by atoms with Crippen LogP contribution in [0.4, 0.5) is 9.18 Å². The second kappa shape index (κ2) is 10.6. The maximum Gasteiger partial charge on any atom is 0.409 e. The van der Waals surface area contributed by atoms with E-state index in [4.69, 9.17) is 14.5 Å². The molecule has 1 amide bonds. The van der Waals surface area contributed by atoms with Gasteiger partial charge in [0.2, 0.25) is 0 Å². The molecule has 2 aliphatic heterocycles. The van der Waals surface area contributed by atoms with Crippen molar-refractivity contribution < 1.29 is 18.7 Å². The van der Waals surface area contributed by atoms with Gasteiger partial charge in [0.1, 0.15) is 5.82 Å². The third-order valence-corrected chi connectivity index (χ3v) is 5.88. The van der Waals surface area contributed by atoms with Crippen molar-refractivity contribution >= 4 is 12.1 Å². The number of nitrogens with one attached hydrogen (secondary N) is 1. The van der Waals surface area contributed by atoms with Crippen LogP contribution in [0.1, 0.15) is 32.3 Å². The summed E-state index contributed by atoms with van der Waals surface area (Å²) in [6, 6.07) is 6.80. The number of carbonyl (C=O) groups is 1. The van der Waals surface area contributed by atoms with Gasteiger partial charge in [0, 0.05) is 51.4 Å². The molecule has 1 aromatic rings. The van der Waals surface area contributed by atoms with Gasteiger partial charge in [-0.15, -0.1) is 0 Å². The average molecular weight is 421 g/mol. The number of hydrogen-bond donors (Lipinski definition) is 1. The Hall–Kier alpha value is -2.35. The second-order valence-corrected chi connectivity index (χ2v) is 7.74. The van der Waals surface area contributed by atoms with Gasteiger partial charge in [-0.2, -0.15) is 0 Å². The van der Waals surface area contributed by atoms with Gasteiger partial charge in [0.15, 0.2) is 5.96 Å². The topological polar surface area (TPSA) is 66.4 Å². The first-order valence-corrected chi connectivity index (χ1v) is 10.9. The zero-order valence-electron chi connectivity index (χ0n) is 18.0.